The van der Waals surface area contributed by atoms with Gasteiger partial charge in [-0.2, -0.15) is 0 Å². The second kappa shape index (κ2) is 10.1. The van der Waals surface area contributed by atoms with Gasteiger partial charge in [0.15, 0.2) is 0 Å². The van der Waals surface area contributed by atoms with Crippen molar-refractivity contribution in [3.05, 3.63) is 95.1 Å². The van der Waals surface area contributed by atoms with Gasteiger partial charge in [0.2, 0.25) is 11.8 Å². The molecule has 2 fully saturated rings. The lowest BCUT2D eigenvalue weighted by molar-refractivity contribution is -0.131. The number of rotatable bonds is 6. The molecule has 3 aromatic carbocycles. The summed E-state index contributed by atoms with van der Waals surface area (Å²) in [4.78, 5) is 29.7. The van der Waals surface area contributed by atoms with Crippen LogP contribution in [0.3, 0.4) is 0 Å². The number of nitrogens with zero attached hydrogens (tertiary/aromatic N) is 2. The predicted molar refractivity (Wildman–Crippen MR) is 143 cm³/mol. The van der Waals surface area contributed by atoms with Crippen LogP contribution in [0.2, 0.25) is 0 Å². The topological polar surface area (TPSA) is 81.1 Å². The summed E-state index contributed by atoms with van der Waals surface area (Å²) in [6.07, 6.45) is 0. The molecule has 2 saturated heterocycles. The van der Waals surface area contributed by atoms with Crippen LogP contribution in [-0.4, -0.2) is 42.3 Å². The van der Waals surface area contributed by atoms with Crippen LogP contribution in [0, 0.1) is 0 Å². The van der Waals surface area contributed by atoms with Crippen molar-refractivity contribution < 1.29 is 19.8 Å². The monoisotopic (exact) mass is 520 g/mol. The molecule has 2 N–H and O–H groups in total. The van der Waals surface area contributed by atoms with Gasteiger partial charge >= 0.3 is 0 Å². The van der Waals surface area contributed by atoms with E-state index in [9.17, 15) is 19.8 Å². The zero-order valence-electron chi connectivity index (χ0n) is 20.1. The number of carbonyl (C=O) groups excluding carboxylic acids is 2. The van der Waals surface area contributed by atoms with Crippen molar-refractivity contribution in [2.45, 2.75) is 48.2 Å². The summed E-state index contributed by atoms with van der Waals surface area (Å²) in [5.74, 6) is 0.623. The zero-order valence-corrected chi connectivity index (χ0v) is 21.7. The first-order valence-electron chi connectivity index (χ1n) is 11.9. The van der Waals surface area contributed by atoms with Gasteiger partial charge in [0, 0.05) is 13.1 Å². The van der Waals surface area contributed by atoms with E-state index in [2.05, 4.69) is 24.3 Å². The van der Waals surface area contributed by atoms with E-state index in [1.807, 2.05) is 47.9 Å². The van der Waals surface area contributed by atoms with E-state index in [1.54, 1.807) is 47.8 Å². The molecule has 8 heteroatoms. The molecular formula is C28H28N2O4S2. The first-order valence-corrected chi connectivity index (χ1v) is 13.8. The Kier molecular flexibility index (Phi) is 6.90. The third-order valence-electron chi connectivity index (χ3n) is 6.58. The van der Waals surface area contributed by atoms with Crippen molar-refractivity contribution in [3.63, 3.8) is 0 Å². The Labute approximate surface area is 219 Å². The summed E-state index contributed by atoms with van der Waals surface area (Å²) in [5.41, 5.74) is 4.04. The molecule has 4 atom stereocenters. The van der Waals surface area contributed by atoms with E-state index in [-0.39, 0.29) is 44.6 Å². The Morgan fingerprint density at radius 2 is 0.944 bits per heavy atom. The molecule has 2 amide bonds. The molecule has 3 aromatic rings. The molecule has 4 unspecified atom stereocenters. The number of carbonyl (C=O) groups is 2. The smallest absolute Gasteiger partial charge is 0.236 e. The fourth-order valence-corrected chi connectivity index (χ4v) is 7.16. The highest BCUT2D eigenvalue weighted by Crippen LogP contribution is 2.46. The van der Waals surface area contributed by atoms with Crippen LogP contribution in [0.15, 0.2) is 72.8 Å². The number of phenolic OH excluding ortho intramolecular Hbond substituents is 2. The lowest BCUT2D eigenvalue weighted by Crippen LogP contribution is -2.30. The highest BCUT2D eigenvalue weighted by Gasteiger charge is 2.40. The Morgan fingerprint density at radius 3 is 1.28 bits per heavy atom. The van der Waals surface area contributed by atoms with Crippen molar-refractivity contribution >= 4 is 35.3 Å². The minimum absolute atomic E-state index is 0.0970. The van der Waals surface area contributed by atoms with Crippen molar-refractivity contribution in [3.8, 4) is 11.5 Å². The number of thioether (sulfide) groups is 2. The zero-order chi connectivity index (χ0) is 25.4. The number of amides is 2. The largest absolute Gasteiger partial charge is 0.508 e. The van der Waals surface area contributed by atoms with Gasteiger partial charge in [-0.25, -0.2) is 0 Å². The molecule has 36 heavy (non-hydrogen) atoms. The summed E-state index contributed by atoms with van der Waals surface area (Å²) in [6.45, 7) is 4.84. The van der Waals surface area contributed by atoms with Gasteiger partial charge < -0.3 is 20.0 Å². The average molecular weight is 521 g/mol. The Morgan fingerprint density at radius 1 is 0.611 bits per heavy atom. The summed E-state index contributed by atoms with van der Waals surface area (Å²) < 4.78 is 0. The van der Waals surface area contributed by atoms with Crippen LogP contribution in [0.5, 0.6) is 11.5 Å². The molecule has 2 aliphatic heterocycles. The van der Waals surface area contributed by atoms with E-state index in [1.165, 1.54) is 0 Å². The highest BCUT2D eigenvalue weighted by molar-refractivity contribution is 8.01. The van der Waals surface area contributed by atoms with Crippen LogP contribution in [0.4, 0.5) is 0 Å². The molecule has 6 nitrogen and oxygen atoms in total. The van der Waals surface area contributed by atoms with Gasteiger partial charge in [-0.15, -0.1) is 23.5 Å². The standard InChI is InChI=1S/C28H28N2O4S2/c1-17-25(33)29(15-19-3-11-23(31)12-4-19)27(35-17)21-7-9-22(10-8-21)28-30(26(34)18(2)36-28)16-20-5-13-24(32)14-6-20/h3-14,17-18,27-28,31-32H,15-16H2,1-2H3. The summed E-state index contributed by atoms with van der Waals surface area (Å²) in [6, 6.07) is 22.2. The van der Waals surface area contributed by atoms with Gasteiger partial charge in [-0.1, -0.05) is 48.5 Å². The maximum absolute atomic E-state index is 12.9. The summed E-state index contributed by atoms with van der Waals surface area (Å²) >= 11 is 3.27. The second-order valence-electron chi connectivity index (χ2n) is 9.19. The number of phenols is 2. The van der Waals surface area contributed by atoms with Crippen molar-refractivity contribution in [2.75, 3.05) is 0 Å². The van der Waals surface area contributed by atoms with Crippen LogP contribution >= 0.6 is 23.5 Å². The Bertz CT molecular complexity index is 1150. The van der Waals surface area contributed by atoms with Gasteiger partial charge in [-0.05, 0) is 60.4 Å². The molecular weight excluding hydrogens is 492 g/mol. The lowest BCUT2D eigenvalue weighted by Gasteiger charge is -2.26. The first kappa shape index (κ1) is 24.6. The molecule has 0 saturated carbocycles. The van der Waals surface area contributed by atoms with Gasteiger partial charge in [0.25, 0.3) is 0 Å². The van der Waals surface area contributed by atoms with Crippen LogP contribution in [-0.2, 0) is 22.7 Å². The Hall–Kier alpha value is -3.10. The molecule has 0 bridgehead atoms. The van der Waals surface area contributed by atoms with Gasteiger partial charge in [0.05, 0.1) is 10.5 Å². The minimum Gasteiger partial charge on any atom is -0.508 e. The normalized spacial score (nSPS) is 24.1. The molecule has 0 spiro atoms. The molecule has 2 heterocycles. The highest BCUT2D eigenvalue weighted by atomic mass is 32.2. The van der Waals surface area contributed by atoms with E-state index in [0.29, 0.717) is 13.1 Å². The SMILES string of the molecule is CC1SC(c2ccc(C3SC(C)C(=O)N3Cc3ccc(O)cc3)cc2)N(Cc2ccc(O)cc2)C1=O. The van der Waals surface area contributed by atoms with Crippen LogP contribution < -0.4 is 0 Å². The third-order valence-corrected chi connectivity index (χ3v) is 9.37. The average Bonchev–Trinajstić information content (AvgIpc) is 3.32. The van der Waals surface area contributed by atoms with E-state index in [0.717, 1.165) is 22.3 Å². The van der Waals surface area contributed by atoms with Crippen LogP contribution in [0.1, 0.15) is 46.8 Å². The Balaban J connectivity index is 1.36. The number of hydrogen-bond acceptors (Lipinski definition) is 6. The molecule has 0 aliphatic carbocycles. The fourth-order valence-electron chi connectivity index (χ4n) is 4.61. The molecule has 0 aromatic heterocycles. The van der Waals surface area contributed by atoms with Crippen molar-refractivity contribution in [1.82, 2.24) is 9.80 Å². The summed E-state index contributed by atoms with van der Waals surface area (Å²) in [5, 5.41) is 18.7. The number of aromatic hydroxyl groups is 2. The quantitative estimate of drug-likeness (QED) is 0.452. The number of benzene rings is 3. The number of hydrogen-bond donors (Lipinski definition) is 2. The van der Waals surface area contributed by atoms with Crippen LogP contribution in [0.25, 0.3) is 0 Å². The summed E-state index contributed by atoms with van der Waals surface area (Å²) in [7, 11) is 0. The van der Waals surface area contributed by atoms with E-state index < -0.39 is 0 Å². The van der Waals surface area contributed by atoms with E-state index >= 15 is 0 Å². The predicted octanol–water partition coefficient (Wildman–Crippen LogP) is 5.42. The van der Waals surface area contributed by atoms with Crippen molar-refractivity contribution in [2.24, 2.45) is 0 Å². The lowest BCUT2D eigenvalue weighted by atomic mass is 10.1. The first-order chi connectivity index (χ1) is 17.3. The fraction of sp³-hybridized carbons (Fsp3) is 0.286. The maximum Gasteiger partial charge on any atom is 0.236 e. The molecule has 0 radical (unpaired) electrons. The molecule has 186 valence electrons. The second-order valence-corrected chi connectivity index (χ2v) is 12.0. The third kappa shape index (κ3) is 4.92. The minimum atomic E-state index is -0.128. The maximum atomic E-state index is 12.9. The van der Waals surface area contributed by atoms with Gasteiger partial charge in [0.1, 0.15) is 22.2 Å². The van der Waals surface area contributed by atoms with Gasteiger partial charge in [-0.3, -0.25) is 9.59 Å². The van der Waals surface area contributed by atoms with E-state index in [4.69, 9.17) is 0 Å². The molecule has 2 aliphatic rings. The molecule has 5 rings (SSSR count). The van der Waals surface area contributed by atoms with Crippen molar-refractivity contribution in [1.29, 1.82) is 0 Å².